The summed E-state index contributed by atoms with van der Waals surface area (Å²) in [5.74, 6) is -1.75. The summed E-state index contributed by atoms with van der Waals surface area (Å²) in [6.07, 6.45) is 1.56. The molecule has 8 heteroatoms. The SMILES string of the molecule is O=C1OC2C[C@@H]3CC2C1C3C(=O)OCCCS(=O)(=O)O. The van der Waals surface area contributed by atoms with Crippen LogP contribution in [-0.2, 0) is 29.2 Å². The van der Waals surface area contributed by atoms with Crippen LogP contribution in [0.1, 0.15) is 19.3 Å². The molecule has 2 aliphatic carbocycles. The lowest BCUT2D eigenvalue weighted by atomic mass is 9.80. The third-order valence-electron chi connectivity index (χ3n) is 4.55. The molecule has 4 unspecified atom stereocenters. The molecule has 0 aromatic rings. The normalized spacial score (nSPS) is 38.0. The van der Waals surface area contributed by atoms with Crippen molar-refractivity contribution in [2.24, 2.45) is 23.7 Å². The average Bonchev–Trinajstić information content (AvgIpc) is 2.93. The molecule has 2 saturated carbocycles. The topological polar surface area (TPSA) is 107 Å². The summed E-state index contributed by atoms with van der Waals surface area (Å²) in [7, 11) is -4.03. The van der Waals surface area contributed by atoms with Crippen LogP contribution < -0.4 is 0 Å². The predicted octanol–water partition coefficient (Wildman–Crippen LogP) is 0.00510. The number of carbonyl (C=O) groups is 2. The van der Waals surface area contributed by atoms with E-state index in [0.717, 1.165) is 12.8 Å². The number of carbonyl (C=O) groups excluding carboxylic acids is 2. The van der Waals surface area contributed by atoms with Crippen molar-refractivity contribution in [3.05, 3.63) is 0 Å². The first-order valence-corrected chi connectivity index (χ1v) is 8.30. The zero-order valence-corrected chi connectivity index (χ0v) is 11.5. The minimum absolute atomic E-state index is 0.0268. The molecule has 2 bridgehead atoms. The van der Waals surface area contributed by atoms with Crippen LogP contribution in [0.5, 0.6) is 0 Å². The second-order valence-corrected chi connectivity index (χ2v) is 7.30. The van der Waals surface area contributed by atoms with Gasteiger partial charge >= 0.3 is 11.9 Å². The minimum atomic E-state index is -4.03. The van der Waals surface area contributed by atoms with Gasteiger partial charge < -0.3 is 9.47 Å². The Morgan fingerprint density at radius 3 is 2.85 bits per heavy atom. The van der Waals surface area contributed by atoms with E-state index in [4.69, 9.17) is 14.0 Å². The summed E-state index contributed by atoms with van der Waals surface area (Å²) in [5.41, 5.74) is 0. The molecule has 1 aliphatic heterocycles. The number of hydrogen-bond acceptors (Lipinski definition) is 6. The predicted molar refractivity (Wildman–Crippen MR) is 65.1 cm³/mol. The van der Waals surface area contributed by atoms with Gasteiger partial charge in [0.05, 0.1) is 24.2 Å². The fourth-order valence-corrected chi connectivity index (χ4v) is 4.32. The van der Waals surface area contributed by atoms with E-state index in [2.05, 4.69) is 0 Å². The molecule has 0 aromatic heterocycles. The molecule has 0 aromatic carbocycles. The van der Waals surface area contributed by atoms with Crippen LogP contribution in [0.15, 0.2) is 0 Å². The molecule has 0 radical (unpaired) electrons. The molecular formula is C12H16O7S. The highest BCUT2D eigenvalue weighted by atomic mass is 32.2. The highest BCUT2D eigenvalue weighted by Crippen LogP contribution is 2.57. The second kappa shape index (κ2) is 4.70. The molecule has 0 amide bonds. The zero-order chi connectivity index (χ0) is 14.5. The molecule has 5 atom stereocenters. The summed E-state index contributed by atoms with van der Waals surface area (Å²) in [5, 5.41) is 0. The fraction of sp³-hybridized carbons (Fsp3) is 0.833. The number of esters is 2. The number of hydrogen-bond donors (Lipinski definition) is 1. The smallest absolute Gasteiger partial charge is 0.310 e. The molecule has 1 saturated heterocycles. The quantitative estimate of drug-likeness (QED) is 0.433. The number of ether oxygens (including phenoxy) is 2. The average molecular weight is 304 g/mol. The highest BCUT2D eigenvalue weighted by Gasteiger charge is 2.64. The Bertz CT molecular complexity index is 538. The van der Waals surface area contributed by atoms with Crippen LogP contribution in [-0.4, -0.2) is 43.4 Å². The summed E-state index contributed by atoms with van der Waals surface area (Å²) < 4.78 is 39.9. The molecule has 3 rings (SSSR count). The van der Waals surface area contributed by atoms with E-state index >= 15 is 0 Å². The van der Waals surface area contributed by atoms with Gasteiger partial charge in [-0.15, -0.1) is 0 Å². The summed E-state index contributed by atoms with van der Waals surface area (Å²) in [6, 6.07) is 0. The molecular weight excluding hydrogens is 288 g/mol. The van der Waals surface area contributed by atoms with Crippen LogP contribution in [0.25, 0.3) is 0 Å². The van der Waals surface area contributed by atoms with Gasteiger partial charge in [-0.05, 0) is 25.2 Å². The van der Waals surface area contributed by atoms with Gasteiger partial charge in [-0.3, -0.25) is 14.1 Å². The van der Waals surface area contributed by atoms with E-state index < -0.39 is 27.8 Å². The second-order valence-electron chi connectivity index (χ2n) is 5.73. The molecule has 0 spiro atoms. The first kappa shape index (κ1) is 13.8. The molecule has 112 valence electrons. The van der Waals surface area contributed by atoms with Gasteiger partial charge in [-0.2, -0.15) is 8.42 Å². The van der Waals surface area contributed by atoms with Gasteiger partial charge in [0, 0.05) is 5.92 Å². The van der Waals surface area contributed by atoms with Gasteiger partial charge in [-0.1, -0.05) is 0 Å². The van der Waals surface area contributed by atoms with Crippen molar-refractivity contribution in [1.29, 1.82) is 0 Å². The standard InChI is InChI=1S/C12H16O7S/c13-11(18-2-1-3-20(15,16)17)9-6-4-7-8(5-6)19-12(14)10(7)9/h6-10H,1-5H2,(H,15,16,17)/t6-,7?,8?,9?,10?/m0/s1. The van der Waals surface area contributed by atoms with Crippen molar-refractivity contribution in [1.82, 2.24) is 0 Å². The molecule has 3 aliphatic rings. The Morgan fingerprint density at radius 2 is 2.15 bits per heavy atom. The number of fused-ring (bicyclic) bond motifs is 1. The number of rotatable bonds is 5. The van der Waals surface area contributed by atoms with Crippen LogP contribution in [0, 0.1) is 23.7 Å². The molecule has 1 heterocycles. The summed E-state index contributed by atoms with van der Waals surface area (Å²) in [6.45, 7) is -0.0717. The Balaban J connectivity index is 1.55. The van der Waals surface area contributed by atoms with E-state index in [-0.39, 0.29) is 42.9 Å². The lowest BCUT2D eigenvalue weighted by Gasteiger charge is -2.22. The van der Waals surface area contributed by atoms with E-state index in [9.17, 15) is 18.0 Å². The van der Waals surface area contributed by atoms with E-state index in [1.807, 2.05) is 0 Å². The lowest BCUT2D eigenvalue weighted by molar-refractivity contribution is -0.155. The van der Waals surface area contributed by atoms with E-state index in [1.54, 1.807) is 0 Å². The van der Waals surface area contributed by atoms with Crippen molar-refractivity contribution < 1.29 is 32.0 Å². The van der Waals surface area contributed by atoms with Crippen molar-refractivity contribution in [2.75, 3.05) is 12.4 Å². The van der Waals surface area contributed by atoms with Crippen molar-refractivity contribution in [3.63, 3.8) is 0 Å². The van der Waals surface area contributed by atoms with Crippen LogP contribution in [0.2, 0.25) is 0 Å². The Kier molecular flexibility index (Phi) is 3.24. The molecule has 7 nitrogen and oxygen atoms in total. The minimum Gasteiger partial charge on any atom is -0.465 e. The monoisotopic (exact) mass is 304 g/mol. The van der Waals surface area contributed by atoms with Crippen molar-refractivity contribution in [3.8, 4) is 0 Å². The van der Waals surface area contributed by atoms with Gasteiger partial charge in [0.15, 0.2) is 0 Å². The summed E-state index contributed by atoms with van der Waals surface area (Å²) >= 11 is 0. The van der Waals surface area contributed by atoms with Gasteiger partial charge in [0.2, 0.25) is 0 Å². The van der Waals surface area contributed by atoms with E-state index in [1.165, 1.54) is 0 Å². The van der Waals surface area contributed by atoms with Crippen LogP contribution in [0.3, 0.4) is 0 Å². The zero-order valence-electron chi connectivity index (χ0n) is 10.7. The maximum Gasteiger partial charge on any atom is 0.310 e. The van der Waals surface area contributed by atoms with Gasteiger partial charge in [-0.25, -0.2) is 0 Å². The largest absolute Gasteiger partial charge is 0.465 e. The van der Waals surface area contributed by atoms with Crippen LogP contribution >= 0.6 is 0 Å². The summed E-state index contributed by atoms with van der Waals surface area (Å²) in [4.78, 5) is 23.8. The third-order valence-corrected chi connectivity index (χ3v) is 5.35. The molecule has 3 fully saturated rings. The Hall–Kier alpha value is -1.15. The van der Waals surface area contributed by atoms with Gasteiger partial charge in [0.25, 0.3) is 10.1 Å². The van der Waals surface area contributed by atoms with Crippen molar-refractivity contribution in [2.45, 2.75) is 25.4 Å². The molecule has 1 N–H and O–H groups in total. The van der Waals surface area contributed by atoms with E-state index in [0.29, 0.717) is 0 Å². The van der Waals surface area contributed by atoms with Gasteiger partial charge in [0.1, 0.15) is 6.10 Å². The maximum absolute atomic E-state index is 12.1. The Labute approximate surface area is 116 Å². The first-order chi connectivity index (χ1) is 9.37. The Morgan fingerprint density at radius 1 is 1.40 bits per heavy atom. The highest BCUT2D eigenvalue weighted by molar-refractivity contribution is 7.85. The maximum atomic E-state index is 12.1. The van der Waals surface area contributed by atoms with Crippen LogP contribution in [0.4, 0.5) is 0 Å². The fourth-order valence-electron chi connectivity index (χ4n) is 3.84. The van der Waals surface area contributed by atoms with Crippen molar-refractivity contribution >= 4 is 22.1 Å². The third kappa shape index (κ3) is 2.31. The lowest BCUT2D eigenvalue weighted by Crippen LogP contribution is -2.33. The molecule has 20 heavy (non-hydrogen) atoms. The first-order valence-electron chi connectivity index (χ1n) is 6.69.